The van der Waals surface area contributed by atoms with Gasteiger partial charge in [-0.05, 0) is 30.5 Å². The molecule has 0 amide bonds. The van der Waals surface area contributed by atoms with Crippen molar-refractivity contribution in [2.45, 2.75) is 26.7 Å². The van der Waals surface area contributed by atoms with E-state index in [4.69, 9.17) is 0 Å². The number of phenolic OH excluding ortho intramolecular Hbond substituents is 2. The van der Waals surface area contributed by atoms with E-state index in [2.05, 4.69) is 0 Å². The number of benzene rings is 1. The average molecular weight is 166 g/mol. The molecule has 0 aliphatic rings. The first-order chi connectivity index (χ1) is 5.65. The van der Waals surface area contributed by atoms with Gasteiger partial charge in [0.25, 0.3) is 0 Å². The lowest BCUT2D eigenvalue weighted by Gasteiger charge is -2.06. The fourth-order valence-electron chi connectivity index (χ4n) is 1.29. The minimum absolute atomic E-state index is 0.0153. The Bertz CT molecular complexity index is 279. The first-order valence-electron chi connectivity index (χ1n) is 4.16. The van der Waals surface area contributed by atoms with E-state index >= 15 is 0 Å². The zero-order valence-electron chi connectivity index (χ0n) is 7.46. The fraction of sp³-hybridized carbons (Fsp3) is 0.400. The number of hydrogen-bond acceptors (Lipinski definition) is 2. The minimum atomic E-state index is -0.0153. The van der Waals surface area contributed by atoms with Crippen molar-refractivity contribution >= 4 is 0 Å². The maximum absolute atomic E-state index is 9.40. The molecule has 0 radical (unpaired) electrons. The van der Waals surface area contributed by atoms with Crippen molar-refractivity contribution in [1.29, 1.82) is 0 Å². The van der Waals surface area contributed by atoms with Crippen molar-refractivity contribution in [3.63, 3.8) is 0 Å². The van der Waals surface area contributed by atoms with Crippen molar-refractivity contribution in [3.05, 3.63) is 23.3 Å². The number of phenols is 2. The Balaban J connectivity index is 3.09. The van der Waals surface area contributed by atoms with Crippen LogP contribution in [-0.4, -0.2) is 10.2 Å². The normalized spacial score (nSPS) is 10.2. The van der Waals surface area contributed by atoms with Crippen LogP contribution in [0.5, 0.6) is 11.5 Å². The Morgan fingerprint density at radius 1 is 1.25 bits per heavy atom. The predicted octanol–water partition coefficient (Wildman–Crippen LogP) is 2.36. The third-order valence-corrected chi connectivity index (χ3v) is 1.83. The van der Waals surface area contributed by atoms with Crippen LogP contribution in [0.15, 0.2) is 12.1 Å². The Morgan fingerprint density at radius 2 is 1.92 bits per heavy atom. The van der Waals surface area contributed by atoms with Crippen molar-refractivity contribution in [1.82, 2.24) is 0 Å². The highest BCUT2D eigenvalue weighted by Crippen LogP contribution is 2.30. The second-order valence-electron chi connectivity index (χ2n) is 3.04. The highest BCUT2D eigenvalue weighted by atomic mass is 16.3. The van der Waals surface area contributed by atoms with E-state index in [1.807, 2.05) is 19.9 Å². The number of aryl methyl sites for hydroxylation is 2. The van der Waals surface area contributed by atoms with Crippen molar-refractivity contribution in [2.75, 3.05) is 0 Å². The van der Waals surface area contributed by atoms with Gasteiger partial charge >= 0.3 is 0 Å². The first kappa shape index (κ1) is 8.91. The van der Waals surface area contributed by atoms with Crippen LogP contribution >= 0.6 is 0 Å². The molecule has 12 heavy (non-hydrogen) atoms. The molecular weight excluding hydrogens is 152 g/mol. The minimum Gasteiger partial charge on any atom is -0.504 e. The molecule has 66 valence electrons. The maximum atomic E-state index is 9.40. The van der Waals surface area contributed by atoms with E-state index in [0.29, 0.717) is 0 Å². The van der Waals surface area contributed by atoms with E-state index in [1.54, 1.807) is 6.07 Å². The third kappa shape index (κ3) is 1.70. The quantitative estimate of drug-likeness (QED) is 0.662. The third-order valence-electron chi connectivity index (χ3n) is 1.83. The second-order valence-corrected chi connectivity index (χ2v) is 3.04. The molecule has 0 aliphatic carbocycles. The van der Waals surface area contributed by atoms with Gasteiger partial charge in [0.2, 0.25) is 0 Å². The summed E-state index contributed by atoms with van der Waals surface area (Å²) < 4.78 is 0. The topological polar surface area (TPSA) is 40.5 Å². The molecule has 2 N–H and O–H groups in total. The lowest BCUT2D eigenvalue weighted by atomic mass is 10.1. The Hall–Kier alpha value is -1.18. The summed E-state index contributed by atoms with van der Waals surface area (Å²) in [6.07, 6.45) is 1.78. The lowest BCUT2D eigenvalue weighted by Crippen LogP contribution is -1.86. The van der Waals surface area contributed by atoms with Gasteiger partial charge in [-0.25, -0.2) is 0 Å². The van der Waals surface area contributed by atoms with E-state index in [-0.39, 0.29) is 11.5 Å². The summed E-state index contributed by atoms with van der Waals surface area (Å²) >= 11 is 0. The van der Waals surface area contributed by atoms with Gasteiger partial charge in [-0.2, -0.15) is 0 Å². The van der Waals surface area contributed by atoms with Crippen LogP contribution < -0.4 is 0 Å². The highest BCUT2D eigenvalue weighted by Gasteiger charge is 2.05. The summed E-state index contributed by atoms with van der Waals surface area (Å²) in [5.74, 6) is 0.0147. The van der Waals surface area contributed by atoms with Gasteiger partial charge in [-0.3, -0.25) is 0 Å². The van der Waals surface area contributed by atoms with Gasteiger partial charge < -0.3 is 10.2 Å². The number of hydrogen-bond donors (Lipinski definition) is 2. The summed E-state index contributed by atoms with van der Waals surface area (Å²) in [5, 5.41) is 18.7. The standard InChI is InChI=1S/C10H14O2/c1-3-4-8-5-7(2)6-9(11)10(8)12/h5-6,11-12H,3-4H2,1-2H3. The fourth-order valence-corrected chi connectivity index (χ4v) is 1.29. The number of aromatic hydroxyl groups is 2. The van der Waals surface area contributed by atoms with Crippen LogP contribution in [0.25, 0.3) is 0 Å². The molecule has 0 atom stereocenters. The summed E-state index contributed by atoms with van der Waals surface area (Å²) in [6, 6.07) is 3.47. The maximum Gasteiger partial charge on any atom is 0.160 e. The van der Waals surface area contributed by atoms with Crippen molar-refractivity contribution in [2.24, 2.45) is 0 Å². The van der Waals surface area contributed by atoms with Crippen LogP contribution in [0.2, 0.25) is 0 Å². The zero-order chi connectivity index (χ0) is 9.14. The number of rotatable bonds is 2. The molecule has 1 rings (SSSR count). The van der Waals surface area contributed by atoms with Gasteiger partial charge in [0.15, 0.2) is 11.5 Å². The summed E-state index contributed by atoms with van der Waals surface area (Å²) in [7, 11) is 0. The van der Waals surface area contributed by atoms with Crippen LogP contribution in [0.4, 0.5) is 0 Å². The van der Waals surface area contributed by atoms with Crippen LogP contribution in [0.3, 0.4) is 0 Å². The molecule has 0 unspecified atom stereocenters. The lowest BCUT2D eigenvalue weighted by molar-refractivity contribution is 0.399. The van der Waals surface area contributed by atoms with Crippen molar-refractivity contribution < 1.29 is 10.2 Å². The Kier molecular flexibility index (Phi) is 2.58. The zero-order valence-corrected chi connectivity index (χ0v) is 7.46. The molecule has 0 spiro atoms. The SMILES string of the molecule is CCCc1cc(C)cc(O)c1O. The largest absolute Gasteiger partial charge is 0.504 e. The summed E-state index contributed by atoms with van der Waals surface area (Å²) in [5.41, 5.74) is 1.81. The smallest absolute Gasteiger partial charge is 0.160 e. The van der Waals surface area contributed by atoms with Gasteiger partial charge in [0.05, 0.1) is 0 Å². The van der Waals surface area contributed by atoms with Crippen LogP contribution in [0.1, 0.15) is 24.5 Å². The average Bonchev–Trinajstić information content (AvgIpc) is 2.00. The van der Waals surface area contributed by atoms with Crippen LogP contribution in [-0.2, 0) is 6.42 Å². The van der Waals surface area contributed by atoms with Gasteiger partial charge in [0.1, 0.15) is 0 Å². The molecular formula is C10H14O2. The molecule has 2 heteroatoms. The molecule has 0 fully saturated rings. The molecule has 0 heterocycles. The molecule has 0 aromatic heterocycles. The monoisotopic (exact) mass is 166 g/mol. The molecule has 0 saturated heterocycles. The highest BCUT2D eigenvalue weighted by molar-refractivity contribution is 5.47. The van der Waals surface area contributed by atoms with Gasteiger partial charge in [0, 0.05) is 0 Å². The molecule has 2 nitrogen and oxygen atoms in total. The summed E-state index contributed by atoms with van der Waals surface area (Å²) in [4.78, 5) is 0. The molecule has 1 aromatic rings. The van der Waals surface area contributed by atoms with Crippen molar-refractivity contribution in [3.8, 4) is 11.5 Å². The van der Waals surface area contributed by atoms with E-state index < -0.39 is 0 Å². The molecule has 0 saturated carbocycles. The van der Waals surface area contributed by atoms with Gasteiger partial charge in [-0.1, -0.05) is 19.4 Å². The molecule has 0 aliphatic heterocycles. The predicted molar refractivity (Wildman–Crippen MR) is 48.5 cm³/mol. The Labute approximate surface area is 72.5 Å². The molecule has 0 bridgehead atoms. The van der Waals surface area contributed by atoms with Crippen LogP contribution in [0, 0.1) is 6.92 Å². The first-order valence-corrected chi connectivity index (χ1v) is 4.16. The summed E-state index contributed by atoms with van der Waals surface area (Å²) in [6.45, 7) is 3.94. The van der Waals surface area contributed by atoms with E-state index in [0.717, 1.165) is 24.0 Å². The van der Waals surface area contributed by atoms with Gasteiger partial charge in [-0.15, -0.1) is 0 Å². The van der Waals surface area contributed by atoms with E-state index in [1.165, 1.54) is 0 Å². The molecule has 1 aromatic carbocycles. The van der Waals surface area contributed by atoms with E-state index in [9.17, 15) is 10.2 Å². The Morgan fingerprint density at radius 3 is 2.50 bits per heavy atom. The second kappa shape index (κ2) is 3.48.